The maximum absolute atomic E-state index is 12.6. The fraction of sp³-hybridized carbons (Fsp3) is 0.105. The second kappa shape index (κ2) is 7.79. The highest BCUT2D eigenvalue weighted by atomic mass is 16.5. The summed E-state index contributed by atoms with van der Waals surface area (Å²) in [6.45, 7) is 3.30. The lowest BCUT2D eigenvalue weighted by atomic mass is 10.00. The maximum atomic E-state index is 12.6. The second-order valence-electron chi connectivity index (χ2n) is 5.05. The summed E-state index contributed by atoms with van der Waals surface area (Å²) in [5.41, 5.74) is 1.75. The summed E-state index contributed by atoms with van der Waals surface area (Å²) < 4.78 is 5.15. The van der Waals surface area contributed by atoms with Crippen LogP contribution in [0.1, 0.15) is 39.1 Å². The van der Waals surface area contributed by atoms with Crippen molar-refractivity contribution in [3.05, 3.63) is 65.2 Å². The van der Waals surface area contributed by atoms with Gasteiger partial charge < -0.3 is 14.6 Å². The van der Waals surface area contributed by atoms with E-state index in [-0.39, 0.29) is 17.0 Å². The number of rotatable bonds is 4. The first kappa shape index (κ1) is 17.8. The Hall–Kier alpha value is -3.59. The maximum Gasteiger partial charge on any atom is 0.352 e. The van der Waals surface area contributed by atoms with E-state index in [4.69, 9.17) is 9.63 Å². The van der Waals surface area contributed by atoms with Gasteiger partial charge in [0.15, 0.2) is 5.78 Å². The van der Waals surface area contributed by atoms with Gasteiger partial charge in [-0.2, -0.15) is 0 Å². The van der Waals surface area contributed by atoms with Crippen molar-refractivity contribution < 1.29 is 19.2 Å². The zero-order chi connectivity index (χ0) is 18.4. The number of carboxylic acid groups (broad SMARTS) is 1. The summed E-state index contributed by atoms with van der Waals surface area (Å²) >= 11 is 0. The number of ketones is 1. The van der Waals surface area contributed by atoms with Crippen molar-refractivity contribution in [2.45, 2.75) is 13.8 Å². The molecule has 3 aromatic rings. The molecule has 0 aliphatic rings. The number of aromatic nitrogens is 2. The highest BCUT2D eigenvalue weighted by Gasteiger charge is 2.24. The van der Waals surface area contributed by atoms with Crippen LogP contribution in [0.3, 0.4) is 0 Å². The molecule has 0 bridgehead atoms. The molecule has 25 heavy (non-hydrogen) atoms. The lowest BCUT2D eigenvalue weighted by molar-refractivity contribution is 0.0691. The van der Waals surface area contributed by atoms with Gasteiger partial charge in [0.25, 0.3) is 0 Å². The third-order valence-electron chi connectivity index (χ3n) is 3.31. The average Bonchev–Trinajstić information content (AvgIpc) is 3.23. The first-order chi connectivity index (χ1) is 12.0. The Kier molecular flexibility index (Phi) is 5.54. The standard InChI is InChI=1S/C16H12N2O4.C3H4/c1-9-13(14(18-22-9)10-5-3-2-4-6-10)15(19)11-7-12(16(20)21)17-8-11;1-3-2/h2-8,17H,1H3,(H,20,21);1H,2H3. The number of hydrogen-bond acceptors (Lipinski definition) is 4. The van der Waals surface area contributed by atoms with Crippen molar-refractivity contribution >= 4 is 11.8 Å². The van der Waals surface area contributed by atoms with Crippen LogP contribution >= 0.6 is 0 Å². The van der Waals surface area contributed by atoms with Crippen LogP contribution in [0.2, 0.25) is 0 Å². The molecule has 6 nitrogen and oxygen atoms in total. The van der Waals surface area contributed by atoms with Gasteiger partial charge in [0.1, 0.15) is 17.1 Å². The van der Waals surface area contributed by atoms with Crippen LogP contribution in [0, 0.1) is 19.3 Å². The normalized spacial score (nSPS) is 9.64. The van der Waals surface area contributed by atoms with Gasteiger partial charge in [-0.25, -0.2) is 4.79 Å². The van der Waals surface area contributed by atoms with Crippen molar-refractivity contribution in [2.75, 3.05) is 0 Å². The Morgan fingerprint density at radius 1 is 1.28 bits per heavy atom. The number of hydrogen-bond donors (Lipinski definition) is 2. The van der Waals surface area contributed by atoms with E-state index in [0.717, 1.165) is 5.56 Å². The topological polar surface area (TPSA) is 96.2 Å². The van der Waals surface area contributed by atoms with Crippen LogP contribution in [-0.4, -0.2) is 27.0 Å². The molecule has 0 saturated heterocycles. The summed E-state index contributed by atoms with van der Waals surface area (Å²) in [6.07, 6.45) is 5.97. The molecule has 0 aliphatic heterocycles. The molecule has 0 amide bonds. The predicted molar refractivity (Wildman–Crippen MR) is 92.4 cm³/mol. The minimum atomic E-state index is -1.12. The molecule has 6 heteroatoms. The minimum Gasteiger partial charge on any atom is -0.477 e. The van der Waals surface area contributed by atoms with Gasteiger partial charge in [0, 0.05) is 17.3 Å². The zero-order valence-corrected chi connectivity index (χ0v) is 13.7. The molecular weight excluding hydrogens is 320 g/mol. The summed E-state index contributed by atoms with van der Waals surface area (Å²) in [7, 11) is 0. The molecular formula is C19H16N2O4. The molecule has 2 aromatic heterocycles. The largest absolute Gasteiger partial charge is 0.477 e. The van der Waals surface area contributed by atoms with E-state index in [9.17, 15) is 9.59 Å². The smallest absolute Gasteiger partial charge is 0.352 e. The van der Waals surface area contributed by atoms with Gasteiger partial charge in [-0.05, 0) is 19.9 Å². The van der Waals surface area contributed by atoms with E-state index in [2.05, 4.69) is 22.5 Å². The highest BCUT2D eigenvalue weighted by molar-refractivity contribution is 6.13. The van der Waals surface area contributed by atoms with Gasteiger partial charge in [-0.15, -0.1) is 12.3 Å². The first-order valence-electron chi connectivity index (χ1n) is 7.35. The van der Waals surface area contributed by atoms with Crippen LogP contribution in [-0.2, 0) is 0 Å². The number of carboxylic acids is 1. The van der Waals surface area contributed by atoms with Crippen molar-refractivity contribution in [2.24, 2.45) is 0 Å². The Morgan fingerprint density at radius 3 is 2.48 bits per heavy atom. The molecule has 0 radical (unpaired) electrons. The lowest BCUT2D eigenvalue weighted by Crippen LogP contribution is -2.03. The third-order valence-corrected chi connectivity index (χ3v) is 3.31. The SMILES string of the molecule is C#CC.Cc1onc(-c2ccccc2)c1C(=O)c1c[nH]c(C(=O)O)c1. The van der Waals surface area contributed by atoms with E-state index < -0.39 is 5.97 Å². The fourth-order valence-electron chi connectivity index (χ4n) is 2.23. The number of carbonyl (C=O) groups excluding carboxylic acids is 1. The summed E-state index contributed by atoms with van der Waals surface area (Å²) in [6, 6.07) is 10.5. The van der Waals surface area contributed by atoms with Crippen LogP contribution in [0.5, 0.6) is 0 Å². The number of carbonyl (C=O) groups is 2. The molecule has 3 rings (SSSR count). The molecule has 2 heterocycles. The zero-order valence-electron chi connectivity index (χ0n) is 13.7. The fourth-order valence-corrected chi connectivity index (χ4v) is 2.23. The number of nitrogens with zero attached hydrogens (tertiary/aromatic N) is 1. The number of terminal acetylenes is 1. The highest BCUT2D eigenvalue weighted by Crippen LogP contribution is 2.27. The van der Waals surface area contributed by atoms with E-state index in [1.165, 1.54) is 12.3 Å². The summed E-state index contributed by atoms with van der Waals surface area (Å²) in [4.78, 5) is 26.1. The molecule has 0 fully saturated rings. The van der Waals surface area contributed by atoms with Gasteiger partial charge in [0.2, 0.25) is 0 Å². The number of benzene rings is 1. The summed E-state index contributed by atoms with van der Waals surface area (Å²) in [5, 5.41) is 12.9. The van der Waals surface area contributed by atoms with Crippen LogP contribution in [0.4, 0.5) is 0 Å². The molecule has 0 spiro atoms. The quantitative estimate of drug-likeness (QED) is 0.561. The number of aromatic amines is 1. The van der Waals surface area contributed by atoms with Gasteiger partial charge in [-0.3, -0.25) is 4.79 Å². The Bertz CT molecular complexity index is 930. The molecule has 1 aromatic carbocycles. The number of nitrogens with one attached hydrogen (secondary N) is 1. The lowest BCUT2D eigenvalue weighted by Gasteiger charge is -2.00. The van der Waals surface area contributed by atoms with Crippen molar-refractivity contribution in [1.29, 1.82) is 0 Å². The second-order valence-corrected chi connectivity index (χ2v) is 5.05. The predicted octanol–water partition coefficient (Wildman–Crippen LogP) is 3.55. The summed E-state index contributed by atoms with van der Waals surface area (Å²) in [5.74, 6) is 1.19. The van der Waals surface area contributed by atoms with Crippen molar-refractivity contribution in [1.82, 2.24) is 10.1 Å². The van der Waals surface area contributed by atoms with Crippen molar-refractivity contribution in [3.8, 4) is 23.6 Å². The number of H-pyrrole nitrogens is 1. The van der Waals surface area contributed by atoms with Crippen LogP contribution < -0.4 is 0 Å². The Labute approximate surface area is 144 Å². The van der Waals surface area contributed by atoms with Gasteiger partial charge >= 0.3 is 5.97 Å². The Balaban J connectivity index is 0.000000701. The first-order valence-corrected chi connectivity index (χ1v) is 7.35. The van der Waals surface area contributed by atoms with Crippen molar-refractivity contribution in [3.63, 3.8) is 0 Å². The average molecular weight is 336 g/mol. The van der Waals surface area contributed by atoms with E-state index in [1.807, 2.05) is 30.3 Å². The van der Waals surface area contributed by atoms with Gasteiger partial charge in [0.05, 0.1) is 5.56 Å². The van der Waals surface area contributed by atoms with Crippen LogP contribution in [0.25, 0.3) is 11.3 Å². The van der Waals surface area contributed by atoms with Crippen LogP contribution in [0.15, 0.2) is 47.1 Å². The third kappa shape index (κ3) is 3.85. The number of aryl methyl sites for hydroxylation is 1. The monoisotopic (exact) mass is 336 g/mol. The van der Waals surface area contributed by atoms with Gasteiger partial charge in [-0.1, -0.05) is 35.5 Å². The van der Waals surface area contributed by atoms with E-state index in [0.29, 0.717) is 17.0 Å². The molecule has 126 valence electrons. The number of aromatic carboxylic acids is 1. The molecule has 0 unspecified atom stereocenters. The van der Waals surface area contributed by atoms with E-state index in [1.54, 1.807) is 13.8 Å². The minimum absolute atomic E-state index is 0.0429. The molecule has 0 aliphatic carbocycles. The Morgan fingerprint density at radius 2 is 1.92 bits per heavy atom. The molecule has 0 saturated carbocycles. The van der Waals surface area contributed by atoms with E-state index >= 15 is 0 Å². The molecule has 2 N–H and O–H groups in total. The molecule has 0 atom stereocenters.